The molecule has 2 unspecified atom stereocenters. The third-order valence-corrected chi connectivity index (χ3v) is 6.77. The number of hydrogen-bond donors (Lipinski definition) is 2. The lowest BCUT2D eigenvalue weighted by molar-refractivity contribution is 0.281. The van der Waals surface area contributed by atoms with Gasteiger partial charge in [-0.05, 0) is 48.2 Å². The molecule has 33 heavy (non-hydrogen) atoms. The lowest BCUT2D eigenvalue weighted by Crippen LogP contribution is -2.27. The van der Waals surface area contributed by atoms with Crippen molar-refractivity contribution in [3.8, 4) is 11.5 Å². The van der Waals surface area contributed by atoms with Gasteiger partial charge >= 0.3 is 0 Å². The van der Waals surface area contributed by atoms with Crippen LogP contribution in [0.15, 0.2) is 24.3 Å². The van der Waals surface area contributed by atoms with Crippen molar-refractivity contribution >= 4 is 46.4 Å². The Labute approximate surface area is 217 Å². The van der Waals surface area contributed by atoms with E-state index >= 15 is 0 Å². The molecule has 0 saturated carbocycles. The summed E-state index contributed by atoms with van der Waals surface area (Å²) in [5, 5.41) is 1.71. The maximum atomic E-state index is 6.54. The van der Waals surface area contributed by atoms with Gasteiger partial charge in [-0.15, -0.1) is 0 Å². The molecule has 0 aromatic heterocycles. The first-order chi connectivity index (χ1) is 15.5. The summed E-state index contributed by atoms with van der Waals surface area (Å²) in [7, 11) is 0. The fourth-order valence-corrected chi connectivity index (χ4v) is 4.77. The van der Waals surface area contributed by atoms with Crippen molar-refractivity contribution in [2.24, 2.45) is 11.5 Å². The maximum absolute atomic E-state index is 6.54. The van der Waals surface area contributed by atoms with E-state index in [1.165, 1.54) is 0 Å². The van der Waals surface area contributed by atoms with Crippen LogP contribution < -0.4 is 20.9 Å². The summed E-state index contributed by atoms with van der Waals surface area (Å²) >= 11 is 26.2. The third kappa shape index (κ3) is 7.55. The fraction of sp³-hybridized carbons (Fsp3) is 0.520. The Morgan fingerprint density at radius 3 is 1.27 bits per heavy atom. The van der Waals surface area contributed by atoms with Gasteiger partial charge in [0.1, 0.15) is 13.2 Å². The Kier molecular flexibility index (Phi) is 10.9. The van der Waals surface area contributed by atoms with Gasteiger partial charge < -0.3 is 20.9 Å². The molecular weight excluding hydrogens is 502 g/mol. The SMILES string of the molecule is CCCC(N)COc1c(Cl)cc(C(C)(C)c2cc(Cl)c(OCC(N)CCC)c(Cl)c2)cc1Cl. The largest absolute Gasteiger partial charge is 0.489 e. The minimum Gasteiger partial charge on any atom is -0.489 e. The number of hydrogen-bond acceptors (Lipinski definition) is 4. The van der Waals surface area contributed by atoms with Crippen LogP contribution in [0.5, 0.6) is 11.5 Å². The molecule has 0 aliphatic rings. The van der Waals surface area contributed by atoms with Gasteiger partial charge in [0.2, 0.25) is 0 Å². The van der Waals surface area contributed by atoms with E-state index in [0.717, 1.165) is 36.8 Å². The summed E-state index contributed by atoms with van der Waals surface area (Å²) in [6.45, 7) is 8.96. The highest BCUT2D eigenvalue weighted by molar-refractivity contribution is 6.38. The Bertz CT molecular complexity index is 817. The Hall–Kier alpha value is -0.880. The van der Waals surface area contributed by atoms with Gasteiger partial charge in [-0.3, -0.25) is 0 Å². The van der Waals surface area contributed by atoms with Gasteiger partial charge in [0.25, 0.3) is 0 Å². The molecule has 2 rings (SSSR count). The van der Waals surface area contributed by atoms with E-state index in [0.29, 0.717) is 44.8 Å². The van der Waals surface area contributed by atoms with Crippen LogP contribution in [0.1, 0.15) is 64.5 Å². The summed E-state index contributed by atoms with van der Waals surface area (Å²) in [6, 6.07) is 7.27. The Morgan fingerprint density at radius 1 is 0.697 bits per heavy atom. The maximum Gasteiger partial charge on any atom is 0.156 e. The van der Waals surface area contributed by atoms with Gasteiger partial charge in [-0.2, -0.15) is 0 Å². The zero-order valence-electron chi connectivity index (χ0n) is 19.7. The number of ether oxygens (including phenoxy) is 2. The van der Waals surface area contributed by atoms with Gasteiger partial charge in [-0.1, -0.05) is 86.9 Å². The van der Waals surface area contributed by atoms with E-state index in [2.05, 4.69) is 13.8 Å². The highest BCUT2D eigenvalue weighted by atomic mass is 35.5. The summed E-state index contributed by atoms with van der Waals surface area (Å²) in [5.74, 6) is 0.875. The first-order valence-corrected chi connectivity index (χ1v) is 12.8. The molecule has 0 saturated heterocycles. The van der Waals surface area contributed by atoms with E-state index in [9.17, 15) is 0 Å². The van der Waals surface area contributed by atoms with Crippen molar-refractivity contribution in [1.82, 2.24) is 0 Å². The van der Waals surface area contributed by atoms with Crippen molar-refractivity contribution in [3.63, 3.8) is 0 Å². The zero-order valence-corrected chi connectivity index (χ0v) is 22.7. The quantitative estimate of drug-likeness (QED) is 0.293. The smallest absolute Gasteiger partial charge is 0.156 e. The van der Waals surface area contributed by atoms with Crippen LogP contribution in [0.3, 0.4) is 0 Å². The van der Waals surface area contributed by atoms with Gasteiger partial charge in [0.05, 0.1) is 20.1 Å². The predicted molar refractivity (Wildman–Crippen MR) is 142 cm³/mol. The molecular formula is C25H34Cl4N2O2. The highest BCUT2D eigenvalue weighted by Crippen LogP contribution is 2.43. The number of rotatable bonds is 12. The average Bonchev–Trinajstić information content (AvgIpc) is 2.72. The summed E-state index contributed by atoms with van der Waals surface area (Å²) in [5.41, 5.74) is 13.4. The topological polar surface area (TPSA) is 70.5 Å². The van der Waals surface area contributed by atoms with Crippen molar-refractivity contribution in [2.45, 2.75) is 70.9 Å². The summed E-state index contributed by atoms with van der Waals surface area (Å²) in [6.07, 6.45) is 3.71. The van der Waals surface area contributed by atoms with Crippen LogP contribution in [0.4, 0.5) is 0 Å². The van der Waals surface area contributed by atoms with Crippen molar-refractivity contribution in [2.75, 3.05) is 13.2 Å². The molecule has 0 amide bonds. The normalized spacial score (nSPS) is 13.6. The number of nitrogens with two attached hydrogens (primary N) is 2. The second-order valence-electron chi connectivity index (χ2n) is 8.88. The zero-order chi connectivity index (χ0) is 24.8. The molecule has 2 aromatic carbocycles. The van der Waals surface area contributed by atoms with Crippen LogP contribution in [0.2, 0.25) is 20.1 Å². The molecule has 2 atom stereocenters. The summed E-state index contributed by atoms with van der Waals surface area (Å²) in [4.78, 5) is 0. The van der Waals surface area contributed by atoms with E-state index in [1.807, 2.05) is 38.1 Å². The molecule has 0 fully saturated rings. The second kappa shape index (κ2) is 12.7. The first-order valence-electron chi connectivity index (χ1n) is 11.3. The standard InChI is InChI=1S/C25H34Cl4N2O2/c1-5-7-17(30)13-32-23-19(26)9-15(10-20(23)27)25(3,4)16-11-21(28)24(22(29)12-16)33-14-18(31)8-6-2/h9-12,17-18H,5-8,13-14,30-31H2,1-4H3. The molecule has 0 aliphatic carbocycles. The number of benzene rings is 2. The lowest BCUT2D eigenvalue weighted by atomic mass is 9.78. The molecule has 2 aromatic rings. The second-order valence-corrected chi connectivity index (χ2v) is 10.5. The minimum atomic E-state index is -0.491. The molecule has 184 valence electrons. The molecule has 0 spiro atoms. The van der Waals surface area contributed by atoms with Gasteiger partial charge in [0, 0.05) is 17.5 Å². The fourth-order valence-electron chi connectivity index (χ4n) is 3.57. The molecule has 0 radical (unpaired) electrons. The number of halogens is 4. The van der Waals surface area contributed by atoms with Crippen LogP contribution >= 0.6 is 46.4 Å². The molecule has 0 bridgehead atoms. The Morgan fingerprint density at radius 2 is 1.00 bits per heavy atom. The lowest BCUT2D eigenvalue weighted by Gasteiger charge is -2.28. The van der Waals surface area contributed by atoms with Crippen molar-refractivity contribution in [3.05, 3.63) is 55.5 Å². The van der Waals surface area contributed by atoms with Crippen molar-refractivity contribution in [1.29, 1.82) is 0 Å². The van der Waals surface area contributed by atoms with E-state index in [1.54, 1.807) is 0 Å². The molecule has 8 heteroatoms. The van der Waals surface area contributed by atoms with Gasteiger partial charge in [-0.25, -0.2) is 0 Å². The van der Waals surface area contributed by atoms with Crippen LogP contribution in [0.25, 0.3) is 0 Å². The average molecular weight is 536 g/mol. The minimum absolute atomic E-state index is 0.0696. The monoisotopic (exact) mass is 534 g/mol. The molecule has 0 aliphatic heterocycles. The molecule has 4 N–H and O–H groups in total. The predicted octanol–water partition coefficient (Wildman–Crippen LogP) is 7.64. The van der Waals surface area contributed by atoms with Crippen LogP contribution in [0, 0.1) is 0 Å². The summed E-state index contributed by atoms with van der Waals surface area (Å²) < 4.78 is 11.6. The first kappa shape index (κ1) is 28.4. The Balaban J connectivity index is 2.28. The van der Waals surface area contributed by atoms with E-state index in [4.69, 9.17) is 67.3 Å². The van der Waals surface area contributed by atoms with E-state index in [-0.39, 0.29) is 12.1 Å². The van der Waals surface area contributed by atoms with Crippen LogP contribution in [-0.4, -0.2) is 25.3 Å². The van der Waals surface area contributed by atoms with Crippen molar-refractivity contribution < 1.29 is 9.47 Å². The molecule has 0 heterocycles. The van der Waals surface area contributed by atoms with Gasteiger partial charge in [0.15, 0.2) is 11.5 Å². The molecule has 4 nitrogen and oxygen atoms in total. The van der Waals surface area contributed by atoms with Crippen LogP contribution in [-0.2, 0) is 5.41 Å². The third-order valence-electron chi connectivity index (χ3n) is 5.64. The highest BCUT2D eigenvalue weighted by Gasteiger charge is 2.28. The van der Waals surface area contributed by atoms with E-state index < -0.39 is 5.41 Å².